The number of nitrogens with zero attached hydrogens (tertiary/aromatic N) is 1. The van der Waals surface area contributed by atoms with E-state index in [9.17, 15) is 4.79 Å². The zero-order valence-electron chi connectivity index (χ0n) is 16.1. The molecule has 30 heavy (non-hydrogen) atoms. The highest BCUT2D eigenvalue weighted by molar-refractivity contribution is 9.10. The van der Waals surface area contributed by atoms with Crippen molar-refractivity contribution in [2.45, 2.75) is 13.5 Å². The van der Waals surface area contributed by atoms with Crippen LogP contribution >= 0.6 is 15.9 Å². The van der Waals surface area contributed by atoms with Gasteiger partial charge in [0.15, 0.2) is 17.3 Å². The topological polar surface area (TPSA) is 73.6 Å². The summed E-state index contributed by atoms with van der Waals surface area (Å²) in [5.74, 6) is 2.63. The van der Waals surface area contributed by atoms with E-state index < -0.39 is 0 Å². The van der Waals surface area contributed by atoms with Crippen molar-refractivity contribution in [3.63, 3.8) is 0 Å². The fraction of sp³-hybridized carbons (Fsp3) is 0.130. The van der Waals surface area contributed by atoms with E-state index in [0.29, 0.717) is 35.1 Å². The van der Waals surface area contributed by atoms with E-state index in [0.717, 1.165) is 26.7 Å². The molecular formula is C23H17BrN2O4. The van der Waals surface area contributed by atoms with Gasteiger partial charge in [0.25, 0.3) is 5.91 Å². The Hall–Kier alpha value is -3.32. The summed E-state index contributed by atoms with van der Waals surface area (Å²) >= 11 is 3.48. The van der Waals surface area contributed by atoms with Gasteiger partial charge in [-0.15, -0.1) is 0 Å². The number of furan rings is 1. The van der Waals surface area contributed by atoms with E-state index in [4.69, 9.17) is 13.9 Å². The normalized spacial score (nSPS) is 12.3. The van der Waals surface area contributed by atoms with Crippen LogP contribution < -0.4 is 14.8 Å². The van der Waals surface area contributed by atoms with Crippen LogP contribution in [0.15, 0.2) is 63.5 Å². The van der Waals surface area contributed by atoms with E-state index in [-0.39, 0.29) is 12.7 Å². The number of hydrogen-bond donors (Lipinski definition) is 1. The SMILES string of the molecule is Cc1ccc(-c2cc(C(=O)NCc3ccc4c(c3)OCO4)c3cc(Br)ccc3n2)o1. The molecule has 0 radical (unpaired) electrons. The average molecular weight is 465 g/mol. The minimum atomic E-state index is -0.192. The molecule has 2 aromatic heterocycles. The molecule has 5 rings (SSSR count). The highest BCUT2D eigenvalue weighted by Gasteiger charge is 2.17. The maximum Gasteiger partial charge on any atom is 0.252 e. The number of rotatable bonds is 4. The molecule has 0 atom stereocenters. The molecule has 6 nitrogen and oxygen atoms in total. The lowest BCUT2D eigenvalue weighted by atomic mass is 10.1. The minimum absolute atomic E-state index is 0.192. The Labute approximate surface area is 181 Å². The lowest BCUT2D eigenvalue weighted by Crippen LogP contribution is -2.23. The molecule has 2 aromatic carbocycles. The molecule has 0 aliphatic carbocycles. The Bertz CT molecular complexity index is 1280. The molecule has 1 N–H and O–H groups in total. The van der Waals surface area contributed by atoms with Gasteiger partial charge in [-0.2, -0.15) is 0 Å². The van der Waals surface area contributed by atoms with E-state index in [1.165, 1.54) is 0 Å². The number of pyridine rings is 1. The molecule has 1 aliphatic rings. The number of benzene rings is 2. The molecule has 0 fully saturated rings. The van der Waals surface area contributed by atoms with Gasteiger partial charge in [0.2, 0.25) is 6.79 Å². The first kappa shape index (κ1) is 18.7. The van der Waals surface area contributed by atoms with Crippen molar-refractivity contribution in [3.8, 4) is 23.0 Å². The van der Waals surface area contributed by atoms with Gasteiger partial charge in [-0.1, -0.05) is 22.0 Å². The maximum atomic E-state index is 13.1. The summed E-state index contributed by atoms with van der Waals surface area (Å²) < 4.78 is 17.3. The molecular weight excluding hydrogens is 448 g/mol. The minimum Gasteiger partial charge on any atom is -0.460 e. The van der Waals surface area contributed by atoms with Gasteiger partial charge in [-0.25, -0.2) is 4.98 Å². The Kier molecular flexibility index (Phi) is 4.67. The van der Waals surface area contributed by atoms with Crippen LogP contribution in [0.3, 0.4) is 0 Å². The standard InChI is InChI=1S/C23H17BrN2O4/c1-13-2-6-20(30-13)19-10-17(16-9-15(24)4-5-18(16)26-19)23(27)25-11-14-3-7-21-22(8-14)29-12-28-21/h2-10H,11-12H2,1H3,(H,25,27). The van der Waals surface area contributed by atoms with Crippen LogP contribution in [0.1, 0.15) is 21.7 Å². The third-order valence-corrected chi connectivity index (χ3v) is 5.39. The van der Waals surface area contributed by atoms with E-state index in [1.807, 2.05) is 55.5 Å². The number of aryl methyl sites for hydroxylation is 1. The fourth-order valence-electron chi connectivity index (χ4n) is 3.41. The summed E-state index contributed by atoms with van der Waals surface area (Å²) in [5.41, 5.74) is 2.80. The number of hydrogen-bond acceptors (Lipinski definition) is 5. The Morgan fingerprint density at radius 2 is 1.93 bits per heavy atom. The molecule has 0 bridgehead atoms. The summed E-state index contributed by atoms with van der Waals surface area (Å²) in [5, 5.41) is 3.76. The van der Waals surface area contributed by atoms with Crippen LogP contribution in [0.5, 0.6) is 11.5 Å². The maximum absolute atomic E-state index is 13.1. The zero-order chi connectivity index (χ0) is 20.7. The molecule has 7 heteroatoms. The Morgan fingerprint density at radius 3 is 2.77 bits per heavy atom. The molecule has 0 saturated carbocycles. The third kappa shape index (κ3) is 3.52. The van der Waals surface area contributed by atoms with E-state index in [2.05, 4.69) is 26.2 Å². The highest BCUT2D eigenvalue weighted by Crippen LogP contribution is 2.32. The number of amides is 1. The molecule has 150 valence electrons. The molecule has 3 heterocycles. The number of halogens is 1. The van der Waals surface area contributed by atoms with Crippen LogP contribution in [-0.2, 0) is 6.54 Å². The van der Waals surface area contributed by atoms with Crippen molar-refractivity contribution in [1.29, 1.82) is 0 Å². The second kappa shape index (κ2) is 7.50. The van der Waals surface area contributed by atoms with Gasteiger partial charge in [-0.05, 0) is 61.0 Å². The summed E-state index contributed by atoms with van der Waals surface area (Å²) in [6.07, 6.45) is 0. The Morgan fingerprint density at radius 1 is 1.07 bits per heavy atom. The Balaban J connectivity index is 1.48. The quantitative estimate of drug-likeness (QED) is 0.447. The van der Waals surface area contributed by atoms with Gasteiger partial charge >= 0.3 is 0 Å². The number of aromatic nitrogens is 1. The van der Waals surface area contributed by atoms with E-state index >= 15 is 0 Å². The van der Waals surface area contributed by atoms with E-state index in [1.54, 1.807) is 6.07 Å². The largest absolute Gasteiger partial charge is 0.460 e. The lowest BCUT2D eigenvalue weighted by molar-refractivity contribution is 0.0952. The van der Waals surface area contributed by atoms with Crippen LogP contribution in [0, 0.1) is 6.92 Å². The molecule has 0 saturated heterocycles. The number of fused-ring (bicyclic) bond motifs is 2. The van der Waals surface area contributed by atoms with Gasteiger partial charge in [0, 0.05) is 16.4 Å². The first-order valence-corrected chi connectivity index (χ1v) is 10.2. The zero-order valence-corrected chi connectivity index (χ0v) is 17.7. The smallest absolute Gasteiger partial charge is 0.252 e. The molecule has 1 amide bonds. The van der Waals surface area contributed by atoms with Crippen molar-refractivity contribution in [3.05, 3.63) is 76.0 Å². The van der Waals surface area contributed by atoms with Gasteiger partial charge in [0.1, 0.15) is 11.5 Å². The van der Waals surface area contributed by atoms with Gasteiger partial charge < -0.3 is 19.2 Å². The summed E-state index contributed by atoms with van der Waals surface area (Å²) in [6.45, 7) is 2.46. The number of nitrogens with one attached hydrogen (secondary N) is 1. The number of ether oxygens (including phenoxy) is 2. The summed E-state index contributed by atoms with van der Waals surface area (Å²) in [6, 6.07) is 16.8. The monoisotopic (exact) mass is 464 g/mol. The molecule has 1 aliphatic heterocycles. The van der Waals surface area contributed by atoms with Crippen molar-refractivity contribution in [2.24, 2.45) is 0 Å². The summed E-state index contributed by atoms with van der Waals surface area (Å²) in [4.78, 5) is 17.8. The molecule has 0 spiro atoms. The van der Waals surface area contributed by atoms with Crippen LogP contribution in [0.2, 0.25) is 0 Å². The predicted molar refractivity (Wildman–Crippen MR) is 116 cm³/mol. The fourth-order valence-corrected chi connectivity index (χ4v) is 3.77. The van der Waals surface area contributed by atoms with Crippen molar-refractivity contribution in [2.75, 3.05) is 6.79 Å². The predicted octanol–water partition coefficient (Wildman–Crippen LogP) is 5.22. The highest BCUT2D eigenvalue weighted by atomic mass is 79.9. The summed E-state index contributed by atoms with van der Waals surface area (Å²) in [7, 11) is 0. The average Bonchev–Trinajstić information content (AvgIpc) is 3.39. The number of carbonyl (C=O) groups excluding carboxylic acids is 1. The van der Waals surface area contributed by atoms with Crippen LogP contribution in [0.4, 0.5) is 0 Å². The first-order valence-electron chi connectivity index (χ1n) is 9.41. The number of carbonyl (C=O) groups is 1. The molecule has 0 unspecified atom stereocenters. The first-order chi connectivity index (χ1) is 14.6. The van der Waals surface area contributed by atoms with Crippen molar-refractivity contribution in [1.82, 2.24) is 10.3 Å². The van der Waals surface area contributed by atoms with Gasteiger partial charge in [0.05, 0.1) is 11.1 Å². The van der Waals surface area contributed by atoms with Gasteiger partial charge in [-0.3, -0.25) is 4.79 Å². The lowest BCUT2D eigenvalue weighted by Gasteiger charge is -2.11. The van der Waals surface area contributed by atoms with Crippen LogP contribution in [0.25, 0.3) is 22.4 Å². The second-order valence-corrected chi connectivity index (χ2v) is 7.91. The second-order valence-electron chi connectivity index (χ2n) is 7.00. The van der Waals surface area contributed by atoms with Crippen molar-refractivity contribution < 1.29 is 18.7 Å². The van der Waals surface area contributed by atoms with Crippen LogP contribution in [-0.4, -0.2) is 17.7 Å². The third-order valence-electron chi connectivity index (χ3n) is 4.90. The van der Waals surface area contributed by atoms with Crippen molar-refractivity contribution >= 4 is 32.7 Å². The molecule has 4 aromatic rings.